The van der Waals surface area contributed by atoms with Crippen LogP contribution in [0.4, 0.5) is 13.2 Å². The molecule has 21 heavy (non-hydrogen) atoms. The van der Waals surface area contributed by atoms with Crippen molar-refractivity contribution in [1.29, 1.82) is 0 Å². The molecular formula is C13H17F3N2O3. The number of hydrogen-bond acceptors (Lipinski definition) is 4. The predicted octanol–water partition coefficient (Wildman–Crippen LogP) is 2.43. The smallest absolute Gasteiger partial charge is 0.434 e. The van der Waals surface area contributed by atoms with Crippen molar-refractivity contribution in [2.24, 2.45) is 5.92 Å². The molecule has 2 heterocycles. The first-order valence-corrected chi connectivity index (χ1v) is 6.68. The molecule has 1 aromatic heterocycles. The van der Waals surface area contributed by atoms with Crippen LogP contribution in [0.2, 0.25) is 0 Å². The second kappa shape index (κ2) is 6.46. The van der Waals surface area contributed by atoms with E-state index in [1.807, 2.05) is 0 Å². The number of imidazole rings is 1. The lowest BCUT2D eigenvalue weighted by Gasteiger charge is -2.26. The minimum atomic E-state index is -4.52. The molecule has 0 aliphatic carbocycles. The highest BCUT2D eigenvalue weighted by Gasteiger charge is 2.35. The normalized spacial score (nSPS) is 18.5. The molecule has 0 unspecified atom stereocenters. The van der Waals surface area contributed by atoms with Gasteiger partial charge < -0.3 is 14.0 Å². The number of aromatic nitrogens is 2. The number of hydrogen-bond donors (Lipinski definition) is 0. The van der Waals surface area contributed by atoms with Crippen molar-refractivity contribution in [2.45, 2.75) is 31.5 Å². The quantitative estimate of drug-likeness (QED) is 0.802. The third-order valence-electron chi connectivity index (χ3n) is 3.62. The largest absolute Gasteiger partial charge is 0.467 e. The van der Waals surface area contributed by atoms with E-state index in [2.05, 4.69) is 4.98 Å². The van der Waals surface area contributed by atoms with Gasteiger partial charge in [0.2, 0.25) is 0 Å². The molecule has 1 atom stereocenters. The van der Waals surface area contributed by atoms with Crippen molar-refractivity contribution in [1.82, 2.24) is 9.55 Å². The molecule has 0 amide bonds. The summed E-state index contributed by atoms with van der Waals surface area (Å²) in [7, 11) is 1.22. The van der Waals surface area contributed by atoms with Gasteiger partial charge in [-0.3, -0.25) is 0 Å². The van der Waals surface area contributed by atoms with Crippen molar-refractivity contribution >= 4 is 5.97 Å². The van der Waals surface area contributed by atoms with E-state index in [0.717, 1.165) is 25.4 Å². The Morgan fingerprint density at radius 3 is 2.71 bits per heavy atom. The van der Waals surface area contributed by atoms with Gasteiger partial charge in [0.05, 0.1) is 13.4 Å². The molecule has 0 bridgehead atoms. The number of carbonyl (C=O) groups excluding carboxylic acids is 1. The maximum Gasteiger partial charge on any atom is 0.434 e. The van der Waals surface area contributed by atoms with Crippen molar-refractivity contribution in [3.63, 3.8) is 0 Å². The Morgan fingerprint density at radius 1 is 1.52 bits per heavy atom. The zero-order valence-corrected chi connectivity index (χ0v) is 11.6. The Balaban J connectivity index is 2.15. The molecule has 0 aromatic carbocycles. The van der Waals surface area contributed by atoms with Crippen LogP contribution in [-0.2, 0) is 20.4 Å². The maximum absolute atomic E-state index is 12.6. The van der Waals surface area contributed by atoms with Gasteiger partial charge in [0.25, 0.3) is 0 Å². The molecule has 1 aliphatic rings. The second-order valence-corrected chi connectivity index (χ2v) is 5.03. The fraction of sp³-hybridized carbons (Fsp3) is 0.692. The zero-order chi connectivity index (χ0) is 15.5. The van der Waals surface area contributed by atoms with Gasteiger partial charge in [-0.05, 0) is 25.2 Å². The molecule has 118 valence electrons. The average molecular weight is 306 g/mol. The molecule has 0 N–H and O–H groups in total. The van der Waals surface area contributed by atoms with Crippen molar-refractivity contribution < 1.29 is 27.4 Å². The number of alkyl halides is 3. The summed E-state index contributed by atoms with van der Waals surface area (Å²) in [5.41, 5.74) is -1.01. The predicted molar refractivity (Wildman–Crippen MR) is 66.4 cm³/mol. The van der Waals surface area contributed by atoms with Crippen LogP contribution in [0.25, 0.3) is 0 Å². The third kappa shape index (κ3) is 3.96. The van der Waals surface area contributed by atoms with E-state index in [9.17, 15) is 18.0 Å². The molecule has 8 heteroatoms. The number of ether oxygens (including phenoxy) is 2. The van der Waals surface area contributed by atoms with Crippen LogP contribution < -0.4 is 0 Å². The van der Waals surface area contributed by atoms with Gasteiger partial charge in [-0.25, -0.2) is 9.78 Å². The fourth-order valence-corrected chi connectivity index (χ4v) is 2.43. The highest BCUT2D eigenvalue weighted by Crippen LogP contribution is 2.31. The van der Waals surface area contributed by atoms with E-state index < -0.39 is 23.9 Å². The molecule has 1 aliphatic heterocycles. The van der Waals surface area contributed by atoms with Gasteiger partial charge in [-0.2, -0.15) is 13.2 Å². The maximum atomic E-state index is 12.6. The van der Waals surface area contributed by atoms with Crippen molar-refractivity contribution in [3.8, 4) is 0 Å². The minimum Gasteiger partial charge on any atom is -0.467 e. The fourth-order valence-electron chi connectivity index (χ4n) is 2.43. The lowest BCUT2D eigenvalue weighted by Crippen LogP contribution is -2.26. The van der Waals surface area contributed by atoms with E-state index in [-0.39, 0.29) is 5.92 Å². The van der Waals surface area contributed by atoms with Crippen LogP contribution in [0.15, 0.2) is 12.5 Å². The van der Waals surface area contributed by atoms with E-state index in [4.69, 9.17) is 9.47 Å². The summed E-state index contributed by atoms with van der Waals surface area (Å²) >= 11 is 0. The molecule has 2 rings (SSSR count). The highest BCUT2D eigenvalue weighted by molar-refractivity contribution is 5.74. The number of nitrogens with zero attached hydrogens (tertiary/aromatic N) is 2. The second-order valence-electron chi connectivity index (χ2n) is 5.03. The molecule has 1 fully saturated rings. The number of esters is 1. The minimum absolute atomic E-state index is 0.222. The lowest BCUT2D eigenvalue weighted by molar-refractivity contribution is -0.146. The molecule has 0 spiro atoms. The Morgan fingerprint density at radius 2 is 2.19 bits per heavy atom. The first kappa shape index (κ1) is 15.8. The topological polar surface area (TPSA) is 53.4 Å². The summed E-state index contributed by atoms with van der Waals surface area (Å²) in [6.07, 6.45) is -0.651. The monoisotopic (exact) mass is 306 g/mol. The first-order valence-electron chi connectivity index (χ1n) is 6.68. The van der Waals surface area contributed by atoms with E-state index in [1.165, 1.54) is 11.7 Å². The standard InChI is InChI=1S/C13H17F3N2O3/c1-20-12(19)10(6-9-2-4-21-5-3-9)18-7-11(17-8-18)13(14,15)16/h7-10H,2-6H2,1H3/t10-/m0/s1. The Labute approximate surface area is 120 Å². The number of carbonyl (C=O) groups is 1. The van der Waals surface area contributed by atoms with E-state index in [1.54, 1.807) is 0 Å². The highest BCUT2D eigenvalue weighted by atomic mass is 19.4. The van der Waals surface area contributed by atoms with Crippen LogP contribution in [0.1, 0.15) is 31.0 Å². The lowest BCUT2D eigenvalue weighted by atomic mass is 9.92. The van der Waals surface area contributed by atoms with Crippen LogP contribution in [0.5, 0.6) is 0 Å². The van der Waals surface area contributed by atoms with Gasteiger partial charge in [0.15, 0.2) is 5.69 Å². The van der Waals surface area contributed by atoms with Crippen LogP contribution in [-0.4, -0.2) is 35.8 Å². The van der Waals surface area contributed by atoms with Crippen molar-refractivity contribution in [2.75, 3.05) is 20.3 Å². The Hall–Kier alpha value is -1.57. The van der Waals surface area contributed by atoms with Crippen LogP contribution >= 0.6 is 0 Å². The SMILES string of the molecule is COC(=O)[C@H](CC1CCOCC1)n1cnc(C(F)(F)F)c1. The summed E-state index contributed by atoms with van der Waals surface area (Å²) in [5, 5.41) is 0. The van der Waals surface area contributed by atoms with Gasteiger partial charge >= 0.3 is 12.1 Å². The Bertz CT molecular complexity index is 481. The molecule has 5 nitrogen and oxygen atoms in total. The van der Waals surface area contributed by atoms with Crippen LogP contribution in [0.3, 0.4) is 0 Å². The third-order valence-corrected chi connectivity index (χ3v) is 3.62. The van der Waals surface area contributed by atoms with Gasteiger partial charge in [-0.15, -0.1) is 0 Å². The molecule has 0 radical (unpaired) electrons. The molecular weight excluding hydrogens is 289 g/mol. The number of methoxy groups -OCH3 is 1. The summed E-state index contributed by atoms with van der Waals surface area (Å²) in [4.78, 5) is 15.2. The Kier molecular flexibility index (Phi) is 4.87. The van der Waals surface area contributed by atoms with Crippen molar-refractivity contribution in [3.05, 3.63) is 18.2 Å². The van der Waals surface area contributed by atoms with Gasteiger partial charge in [-0.1, -0.05) is 0 Å². The summed E-state index contributed by atoms with van der Waals surface area (Å²) < 4.78 is 48.9. The summed E-state index contributed by atoms with van der Waals surface area (Å²) in [6, 6.07) is -0.790. The number of halogens is 3. The van der Waals surface area contributed by atoms with Gasteiger partial charge in [0, 0.05) is 19.4 Å². The van der Waals surface area contributed by atoms with Crippen LogP contribution in [0, 0.1) is 5.92 Å². The first-order chi connectivity index (χ1) is 9.91. The van der Waals surface area contributed by atoms with Gasteiger partial charge in [0.1, 0.15) is 6.04 Å². The molecule has 1 saturated heterocycles. The van der Waals surface area contributed by atoms with E-state index in [0.29, 0.717) is 19.6 Å². The summed E-state index contributed by atoms with van der Waals surface area (Å²) in [6.45, 7) is 1.21. The number of rotatable bonds is 4. The average Bonchev–Trinajstić information content (AvgIpc) is 2.94. The molecule has 0 saturated carbocycles. The van der Waals surface area contributed by atoms with E-state index >= 15 is 0 Å². The summed E-state index contributed by atoms with van der Waals surface area (Å²) in [5.74, 6) is -0.341. The zero-order valence-electron chi connectivity index (χ0n) is 11.6. The molecule has 1 aromatic rings.